The molecule has 16 heavy (non-hydrogen) atoms. The lowest BCUT2D eigenvalue weighted by molar-refractivity contribution is 0.615. The average Bonchev–Trinajstić information content (AvgIpc) is 2.34. The minimum Gasteiger partial charge on any atom is -0.271 e. The van der Waals surface area contributed by atoms with Crippen molar-refractivity contribution < 1.29 is 4.39 Å². The summed E-state index contributed by atoms with van der Waals surface area (Å²) in [7, 11) is 0. The normalized spacial score (nSPS) is 12.4. The number of halogens is 1. The van der Waals surface area contributed by atoms with Crippen LogP contribution in [0.1, 0.15) is 17.2 Å². The van der Waals surface area contributed by atoms with Crippen LogP contribution in [0.4, 0.5) is 4.39 Å². The molecule has 0 radical (unpaired) electrons. The first-order valence-corrected chi connectivity index (χ1v) is 5.08. The molecule has 2 aromatic carbocycles. The highest BCUT2D eigenvalue weighted by atomic mass is 19.1. The standard InChI is InChI=1S/C13H13FN2/c14-12-8-6-11(7-9-12)13(16-15)10-4-2-1-3-5-10/h1-9,13,16H,15H2/t13-/m1/s1. The highest BCUT2D eigenvalue weighted by molar-refractivity contribution is 5.31. The van der Waals surface area contributed by atoms with Crippen LogP contribution < -0.4 is 11.3 Å². The van der Waals surface area contributed by atoms with Crippen molar-refractivity contribution in [3.63, 3.8) is 0 Å². The van der Waals surface area contributed by atoms with Crippen LogP contribution in [0.2, 0.25) is 0 Å². The Bertz CT molecular complexity index is 439. The van der Waals surface area contributed by atoms with Crippen molar-refractivity contribution in [1.82, 2.24) is 5.43 Å². The second kappa shape index (κ2) is 4.88. The van der Waals surface area contributed by atoms with Crippen molar-refractivity contribution in [3.05, 3.63) is 71.5 Å². The maximum absolute atomic E-state index is 12.8. The van der Waals surface area contributed by atoms with Crippen molar-refractivity contribution in [2.24, 2.45) is 5.84 Å². The van der Waals surface area contributed by atoms with Gasteiger partial charge in [-0.2, -0.15) is 0 Å². The van der Waals surface area contributed by atoms with Gasteiger partial charge in [0.15, 0.2) is 0 Å². The first-order valence-electron chi connectivity index (χ1n) is 5.08. The van der Waals surface area contributed by atoms with Gasteiger partial charge in [0.2, 0.25) is 0 Å². The monoisotopic (exact) mass is 216 g/mol. The molecule has 0 aliphatic heterocycles. The van der Waals surface area contributed by atoms with Crippen LogP contribution in [0, 0.1) is 5.82 Å². The van der Waals surface area contributed by atoms with Crippen LogP contribution in [0.25, 0.3) is 0 Å². The molecule has 0 saturated carbocycles. The Labute approximate surface area is 93.9 Å². The van der Waals surface area contributed by atoms with Crippen molar-refractivity contribution in [1.29, 1.82) is 0 Å². The largest absolute Gasteiger partial charge is 0.271 e. The molecule has 0 aliphatic carbocycles. The molecule has 0 amide bonds. The maximum atomic E-state index is 12.8. The molecule has 3 heteroatoms. The van der Waals surface area contributed by atoms with Gasteiger partial charge in [-0.1, -0.05) is 42.5 Å². The zero-order valence-electron chi connectivity index (χ0n) is 8.73. The molecule has 0 aromatic heterocycles. The van der Waals surface area contributed by atoms with Crippen molar-refractivity contribution in [2.75, 3.05) is 0 Å². The summed E-state index contributed by atoms with van der Waals surface area (Å²) in [5, 5.41) is 0. The fraction of sp³-hybridized carbons (Fsp3) is 0.0769. The van der Waals surface area contributed by atoms with Gasteiger partial charge in [0.05, 0.1) is 6.04 Å². The van der Waals surface area contributed by atoms with Gasteiger partial charge < -0.3 is 0 Å². The van der Waals surface area contributed by atoms with Crippen LogP contribution in [0.15, 0.2) is 54.6 Å². The molecule has 0 aliphatic rings. The smallest absolute Gasteiger partial charge is 0.123 e. The van der Waals surface area contributed by atoms with Gasteiger partial charge in [0.1, 0.15) is 5.82 Å². The van der Waals surface area contributed by atoms with Crippen LogP contribution in [-0.2, 0) is 0 Å². The molecule has 0 spiro atoms. The van der Waals surface area contributed by atoms with Crippen molar-refractivity contribution >= 4 is 0 Å². The summed E-state index contributed by atoms with van der Waals surface area (Å²) >= 11 is 0. The predicted molar refractivity (Wildman–Crippen MR) is 62.0 cm³/mol. The van der Waals surface area contributed by atoms with E-state index in [4.69, 9.17) is 5.84 Å². The molecule has 2 rings (SSSR count). The Morgan fingerprint density at radius 3 is 2.00 bits per heavy atom. The zero-order valence-corrected chi connectivity index (χ0v) is 8.73. The van der Waals surface area contributed by atoms with E-state index in [2.05, 4.69) is 5.43 Å². The third-order valence-corrected chi connectivity index (χ3v) is 2.50. The van der Waals surface area contributed by atoms with Crippen LogP contribution >= 0.6 is 0 Å². The highest BCUT2D eigenvalue weighted by Crippen LogP contribution is 2.20. The quantitative estimate of drug-likeness (QED) is 0.610. The Hall–Kier alpha value is -1.71. The molecule has 0 fully saturated rings. The van der Waals surface area contributed by atoms with E-state index in [9.17, 15) is 4.39 Å². The predicted octanol–water partition coefficient (Wildman–Crippen LogP) is 2.38. The first-order chi connectivity index (χ1) is 7.81. The van der Waals surface area contributed by atoms with Gasteiger partial charge in [-0.15, -0.1) is 0 Å². The van der Waals surface area contributed by atoms with E-state index in [1.165, 1.54) is 12.1 Å². The van der Waals surface area contributed by atoms with Crippen LogP contribution in [0.3, 0.4) is 0 Å². The number of nitrogens with one attached hydrogen (secondary N) is 1. The van der Waals surface area contributed by atoms with E-state index < -0.39 is 0 Å². The van der Waals surface area contributed by atoms with Crippen LogP contribution in [-0.4, -0.2) is 0 Å². The minimum atomic E-state index is -0.243. The SMILES string of the molecule is NN[C@H](c1ccccc1)c1ccc(F)cc1. The van der Waals surface area contributed by atoms with Gasteiger partial charge >= 0.3 is 0 Å². The van der Waals surface area contributed by atoms with E-state index >= 15 is 0 Å². The number of hydrogen-bond donors (Lipinski definition) is 2. The number of rotatable bonds is 3. The van der Waals surface area contributed by atoms with Gasteiger partial charge in [-0.05, 0) is 23.3 Å². The number of benzene rings is 2. The Balaban J connectivity index is 2.33. The van der Waals surface area contributed by atoms with Crippen molar-refractivity contribution in [3.8, 4) is 0 Å². The fourth-order valence-corrected chi connectivity index (χ4v) is 1.69. The fourth-order valence-electron chi connectivity index (χ4n) is 1.69. The second-order valence-electron chi connectivity index (χ2n) is 3.56. The molecular weight excluding hydrogens is 203 g/mol. The third kappa shape index (κ3) is 2.27. The molecule has 0 bridgehead atoms. The molecular formula is C13H13FN2. The van der Waals surface area contributed by atoms with Gasteiger partial charge in [0, 0.05) is 0 Å². The summed E-state index contributed by atoms with van der Waals surface area (Å²) in [5.41, 5.74) is 4.72. The van der Waals surface area contributed by atoms with E-state index in [1.54, 1.807) is 12.1 Å². The molecule has 3 N–H and O–H groups in total. The summed E-state index contributed by atoms with van der Waals surface area (Å²) < 4.78 is 12.8. The number of nitrogens with two attached hydrogens (primary N) is 1. The minimum absolute atomic E-state index is 0.109. The number of hydrazine groups is 1. The third-order valence-electron chi connectivity index (χ3n) is 2.50. The van der Waals surface area contributed by atoms with E-state index in [0.29, 0.717) is 0 Å². The Kier molecular flexibility index (Phi) is 3.29. The Morgan fingerprint density at radius 1 is 0.875 bits per heavy atom. The lowest BCUT2D eigenvalue weighted by Crippen LogP contribution is -2.28. The molecule has 0 heterocycles. The summed E-state index contributed by atoms with van der Waals surface area (Å²) in [6, 6.07) is 16.0. The van der Waals surface area contributed by atoms with Gasteiger partial charge in [-0.3, -0.25) is 5.84 Å². The molecule has 82 valence electrons. The van der Waals surface area contributed by atoms with E-state index in [0.717, 1.165) is 11.1 Å². The molecule has 2 nitrogen and oxygen atoms in total. The summed E-state index contributed by atoms with van der Waals surface area (Å²) in [6.07, 6.45) is 0. The van der Waals surface area contributed by atoms with Crippen molar-refractivity contribution in [2.45, 2.75) is 6.04 Å². The Morgan fingerprint density at radius 2 is 1.44 bits per heavy atom. The lowest BCUT2D eigenvalue weighted by atomic mass is 9.99. The highest BCUT2D eigenvalue weighted by Gasteiger charge is 2.11. The summed E-state index contributed by atoms with van der Waals surface area (Å²) in [6.45, 7) is 0. The topological polar surface area (TPSA) is 38.0 Å². The van der Waals surface area contributed by atoms with E-state index in [-0.39, 0.29) is 11.9 Å². The van der Waals surface area contributed by atoms with Gasteiger partial charge in [-0.25, -0.2) is 9.82 Å². The first kappa shape index (κ1) is 10.8. The zero-order chi connectivity index (χ0) is 11.4. The summed E-state index contributed by atoms with van der Waals surface area (Å²) in [5.74, 6) is 5.29. The molecule has 0 unspecified atom stereocenters. The lowest BCUT2D eigenvalue weighted by Gasteiger charge is -2.16. The maximum Gasteiger partial charge on any atom is 0.123 e. The van der Waals surface area contributed by atoms with Gasteiger partial charge in [0.25, 0.3) is 0 Å². The average molecular weight is 216 g/mol. The molecule has 0 saturated heterocycles. The second-order valence-corrected chi connectivity index (χ2v) is 3.56. The summed E-state index contributed by atoms with van der Waals surface area (Å²) in [4.78, 5) is 0. The molecule has 2 aromatic rings. The van der Waals surface area contributed by atoms with E-state index in [1.807, 2.05) is 30.3 Å². The number of hydrogen-bond acceptors (Lipinski definition) is 2. The molecule has 1 atom stereocenters. The van der Waals surface area contributed by atoms with Crippen LogP contribution in [0.5, 0.6) is 0 Å².